The summed E-state index contributed by atoms with van der Waals surface area (Å²) in [6.45, 7) is 5.78. The minimum Gasteiger partial charge on any atom is -0.454 e. The molecule has 0 saturated carbocycles. The Balaban J connectivity index is 2.69. The molecule has 0 aromatic rings. The second kappa shape index (κ2) is 48.1. The van der Waals surface area contributed by atoms with Gasteiger partial charge < -0.3 is 45.1 Å². The summed E-state index contributed by atoms with van der Waals surface area (Å²) in [6.07, 6.45) is 43.7. The van der Waals surface area contributed by atoms with Gasteiger partial charge >= 0.3 is 5.97 Å². The van der Waals surface area contributed by atoms with Crippen LogP contribution in [0.15, 0.2) is 24.3 Å². The molecule has 8 unspecified atom stereocenters. The third-order valence-electron chi connectivity index (χ3n) is 14.1. The number of hydrogen-bond acceptors (Lipinski definition) is 10. The number of rotatable bonds is 50. The molecule has 11 nitrogen and oxygen atoms in total. The van der Waals surface area contributed by atoms with Crippen molar-refractivity contribution >= 4 is 11.9 Å². The molecule has 6 N–H and O–H groups in total. The highest BCUT2D eigenvalue weighted by Gasteiger charge is 2.47. The predicted octanol–water partition coefficient (Wildman–Crippen LogP) is 13.3. The van der Waals surface area contributed by atoms with Gasteiger partial charge in [0.25, 0.3) is 0 Å². The van der Waals surface area contributed by atoms with Gasteiger partial charge in [0.15, 0.2) is 12.4 Å². The average molecular weight is 995 g/mol. The Hall–Kier alpha value is -1.86. The number of allylic oxidation sites excluding steroid dienone is 3. The molecule has 8 atom stereocenters. The van der Waals surface area contributed by atoms with Crippen LogP contribution >= 0.6 is 0 Å². The van der Waals surface area contributed by atoms with Crippen LogP contribution in [-0.2, 0) is 23.8 Å². The number of ether oxygens (including phenoxy) is 3. The zero-order valence-corrected chi connectivity index (χ0v) is 45.4. The standard InChI is InChI=1S/C59H111NO10/c1-4-7-10-13-16-19-22-24-25-26-27-28-29-32-34-37-40-43-46-52(63)58(67)60-50(51(62)45-42-39-36-33-31-23-20-17-14-11-8-5-2)49-68-59-57(56(66)55(65)53(48-61)69-59)70-54(64)47-44-41-38-35-30-21-18-15-12-9-6-3/h24-25,42,45,50-53,55-57,59,61-63,65-66H,4-23,26-41,43-44,46-49H2,1-3H3,(H,60,67)/b25-24+,45-42+. The number of aliphatic hydroxyl groups excluding tert-OH is 5. The minimum absolute atomic E-state index is 0.128. The van der Waals surface area contributed by atoms with Gasteiger partial charge in [-0.3, -0.25) is 9.59 Å². The molecule has 0 aromatic carbocycles. The number of hydrogen-bond donors (Lipinski definition) is 6. The summed E-state index contributed by atoms with van der Waals surface area (Å²) in [5.41, 5.74) is 0. The first kappa shape index (κ1) is 66.2. The zero-order chi connectivity index (χ0) is 51.1. The molecule has 0 bridgehead atoms. The minimum atomic E-state index is -1.61. The highest BCUT2D eigenvalue weighted by molar-refractivity contribution is 5.80. The highest BCUT2D eigenvalue weighted by Crippen LogP contribution is 2.26. The van der Waals surface area contributed by atoms with E-state index in [-0.39, 0.29) is 13.0 Å². The molecule has 1 rings (SSSR count). The number of aliphatic hydroxyl groups is 5. The molecule has 412 valence electrons. The summed E-state index contributed by atoms with van der Waals surface area (Å²) in [4.78, 5) is 26.4. The number of carbonyl (C=O) groups excluding carboxylic acids is 2. The van der Waals surface area contributed by atoms with Crippen molar-refractivity contribution in [1.82, 2.24) is 5.32 Å². The summed E-state index contributed by atoms with van der Waals surface area (Å²) in [6, 6.07) is -1.02. The quantitative estimate of drug-likeness (QED) is 0.0195. The fraction of sp³-hybridized carbons (Fsp3) is 0.898. The first-order chi connectivity index (χ1) is 34.2. The van der Waals surface area contributed by atoms with Gasteiger partial charge in [0.2, 0.25) is 5.91 Å². The van der Waals surface area contributed by atoms with Gasteiger partial charge in [0.1, 0.15) is 24.4 Å². The summed E-state index contributed by atoms with van der Waals surface area (Å²) < 4.78 is 17.6. The Morgan fingerprint density at radius 3 is 1.39 bits per heavy atom. The molecule has 0 aromatic heterocycles. The highest BCUT2D eigenvalue weighted by atomic mass is 16.7. The Bertz CT molecular complexity index is 1230. The van der Waals surface area contributed by atoms with Crippen LogP contribution in [0, 0.1) is 0 Å². The molecule has 1 aliphatic rings. The van der Waals surface area contributed by atoms with Gasteiger partial charge in [-0.15, -0.1) is 0 Å². The molecule has 0 aliphatic carbocycles. The van der Waals surface area contributed by atoms with Crippen LogP contribution < -0.4 is 5.32 Å². The molecule has 1 saturated heterocycles. The maximum Gasteiger partial charge on any atom is 0.306 e. The predicted molar refractivity (Wildman–Crippen MR) is 288 cm³/mol. The second-order valence-corrected chi connectivity index (χ2v) is 20.7. The Kier molecular flexibility index (Phi) is 45.5. The number of unbranched alkanes of at least 4 members (excludes halogenated alkanes) is 34. The number of nitrogens with one attached hydrogen (secondary N) is 1. The lowest BCUT2D eigenvalue weighted by atomic mass is 9.99. The van der Waals surface area contributed by atoms with Crippen molar-refractivity contribution < 1.29 is 49.3 Å². The van der Waals surface area contributed by atoms with Crippen LogP contribution in [0.4, 0.5) is 0 Å². The van der Waals surface area contributed by atoms with E-state index in [1.54, 1.807) is 6.08 Å². The van der Waals surface area contributed by atoms with Crippen molar-refractivity contribution in [3.63, 3.8) is 0 Å². The molecule has 1 heterocycles. The van der Waals surface area contributed by atoms with E-state index >= 15 is 0 Å². The summed E-state index contributed by atoms with van der Waals surface area (Å²) in [5, 5.41) is 56.8. The van der Waals surface area contributed by atoms with Crippen LogP contribution in [-0.4, -0.2) is 99.6 Å². The first-order valence-corrected chi connectivity index (χ1v) is 29.6. The normalized spacial score (nSPS) is 19.8. The van der Waals surface area contributed by atoms with Crippen molar-refractivity contribution in [1.29, 1.82) is 0 Å². The molecule has 0 radical (unpaired) electrons. The van der Waals surface area contributed by atoms with Crippen molar-refractivity contribution in [2.75, 3.05) is 13.2 Å². The van der Waals surface area contributed by atoms with Crippen molar-refractivity contribution in [2.24, 2.45) is 0 Å². The summed E-state index contributed by atoms with van der Waals surface area (Å²) in [5.74, 6) is -1.19. The second-order valence-electron chi connectivity index (χ2n) is 20.7. The molecule has 0 spiro atoms. The van der Waals surface area contributed by atoms with E-state index in [0.717, 1.165) is 64.2 Å². The van der Waals surface area contributed by atoms with Gasteiger partial charge in [0, 0.05) is 6.42 Å². The maximum atomic E-state index is 13.4. The van der Waals surface area contributed by atoms with Gasteiger partial charge in [-0.2, -0.15) is 0 Å². The first-order valence-electron chi connectivity index (χ1n) is 29.6. The average Bonchev–Trinajstić information content (AvgIpc) is 3.36. The molecule has 1 aliphatic heterocycles. The Morgan fingerprint density at radius 2 is 0.943 bits per heavy atom. The van der Waals surface area contributed by atoms with Crippen LogP contribution in [0.1, 0.15) is 278 Å². The molecular weight excluding hydrogens is 883 g/mol. The van der Waals surface area contributed by atoms with Crippen molar-refractivity contribution in [2.45, 2.75) is 327 Å². The van der Waals surface area contributed by atoms with Crippen LogP contribution in [0.3, 0.4) is 0 Å². The molecule has 11 heteroatoms. The third kappa shape index (κ3) is 36.1. The van der Waals surface area contributed by atoms with Gasteiger partial charge in [-0.05, 0) is 51.4 Å². The number of esters is 1. The van der Waals surface area contributed by atoms with Crippen molar-refractivity contribution in [3.8, 4) is 0 Å². The molecular formula is C59H111NO10. The van der Waals surface area contributed by atoms with E-state index in [1.165, 1.54) is 167 Å². The van der Waals surface area contributed by atoms with E-state index < -0.39 is 67.4 Å². The van der Waals surface area contributed by atoms with Crippen LogP contribution in [0.25, 0.3) is 0 Å². The lowest BCUT2D eigenvalue weighted by Gasteiger charge is -2.41. The Labute approximate surface area is 429 Å². The van der Waals surface area contributed by atoms with Crippen LogP contribution in [0.2, 0.25) is 0 Å². The SMILES string of the molecule is CCCCCCCC/C=C/CCCCCCCCCCC(O)C(=O)NC(COC1OC(CO)C(O)C(O)C1OC(=O)CCCCCCCCCCCCC)C(O)/C=C/CCCCCCCCCCCC. The van der Waals surface area contributed by atoms with Crippen LogP contribution in [0.5, 0.6) is 0 Å². The fourth-order valence-electron chi connectivity index (χ4n) is 9.35. The smallest absolute Gasteiger partial charge is 0.306 e. The van der Waals surface area contributed by atoms with E-state index in [0.29, 0.717) is 19.3 Å². The van der Waals surface area contributed by atoms with Gasteiger partial charge in [0.05, 0.1) is 25.4 Å². The molecule has 70 heavy (non-hydrogen) atoms. The fourth-order valence-corrected chi connectivity index (χ4v) is 9.35. The largest absolute Gasteiger partial charge is 0.454 e. The van der Waals surface area contributed by atoms with Crippen molar-refractivity contribution in [3.05, 3.63) is 24.3 Å². The zero-order valence-electron chi connectivity index (χ0n) is 45.4. The lowest BCUT2D eigenvalue weighted by molar-refractivity contribution is -0.305. The topological polar surface area (TPSA) is 175 Å². The maximum absolute atomic E-state index is 13.4. The van der Waals surface area contributed by atoms with E-state index in [1.807, 2.05) is 6.08 Å². The third-order valence-corrected chi connectivity index (χ3v) is 14.1. The monoisotopic (exact) mass is 994 g/mol. The van der Waals surface area contributed by atoms with Gasteiger partial charge in [-0.25, -0.2) is 0 Å². The van der Waals surface area contributed by atoms with E-state index in [2.05, 4.69) is 38.2 Å². The number of carbonyl (C=O) groups is 2. The molecule has 1 amide bonds. The Morgan fingerprint density at radius 1 is 0.543 bits per heavy atom. The van der Waals surface area contributed by atoms with Gasteiger partial charge in [-0.1, -0.05) is 244 Å². The van der Waals surface area contributed by atoms with E-state index in [4.69, 9.17) is 14.2 Å². The summed E-state index contributed by atoms with van der Waals surface area (Å²) in [7, 11) is 0. The lowest BCUT2D eigenvalue weighted by Crippen LogP contribution is -2.61. The molecule has 1 fully saturated rings. The van der Waals surface area contributed by atoms with E-state index in [9.17, 15) is 35.1 Å². The number of amides is 1. The summed E-state index contributed by atoms with van der Waals surface area (Å²) >= 11 is 0.